The Labute approximate surface area is 202 Å². The Balaban J connectivity index is 1.66. The zero-order chi connectivity index (χ0) is 23.7. The first kappa shape index (κ1) is 22.2. The van der Waals surface area contributed by atoms with E-state index in [1.165, 1.54) is 0 Å². The van der Waals surface area contributed by atoms with E-state index < -0.39 is 6.04 Å². The number of unbranched alkanes of at least 4 members (excludes halogenated alkanes) is 1. The van der Waals surface area contributed by atoms with Crippen LogP contribution in [0.3, 0.4) is 0 Å². The van der Waals surface area contributed by atoms with E-state index in [9.17, 15) is 9.59 Å². The number of carbonyl (C=O) groups excluding carboxylic acids is 1. The third kappa shape index (κ3) is 4.08. The van der Waals surface area contributed by atoms with Crippen molar-refractivity contribution in [2.75, 3.05) is 6.61 Å². The molecule has 1 amide bonds. The summed E-state index contributed by atoms with van der Waals surface area (Å²) in [5.41, 5.74) is 2.19. The van der Waals surface area contributed by atoms with Crippen LogP contribution >= 0.6 is 11.6 Å². The van der Waals surface area contributed by atoms with Crippen molar-refractivity contribution in [3.8, 4) is 5.75 Å². The number of benzene rings is 3. The second-order valence-electron chi connectivity index (χ2n) is 8.41. The zero-order valence-electron chi connectivity index (χ0n) is 18.8. The van der Waals surface area contributed by atoms with Gasteiger partial charge in [0.1, 0.15) is 11.3 Å². The van der Waals surface area contributed by atoms with E-state index in [0.29, 0.717) is 40.5 Å². The van der Waals surface area contributed by atoms with E-state index in [2.05, 4.69) is 6.92 Å². The lowest BCUT2D eigenvalue weighted by Gasteiger charge is -2.25. The number of rotatable bonds is 7. The molecule has 3 aromatic carbocycles. The summed E-state index contributed by atoms with van der Waals surface area (Å²) < 4.78 is 11.9. The third-order valence-corrected chi connectivity index (χ3v) is 6.30. The first-order valence-corrected chi connectivity index (χ1v) is 11.8. The van der Waals surface area contributed by atoms with Gasteiger partial charge in [0.05, 0.1) is 23.6 Å². The molecule has 0 saturated carbocycles. The molecule has 0 fully saturated rings. The van der Waals surface area contributed by atoms with Gasteiger partial charge >= 0.3 is 0 Å². The highest BCUT2D eigenvalue weighted by molar-refractivity contribution is 6.31. The van der Waals surface area contributed by atoms with Crippen molar-refractivity contribution in [1.82, 2.24) is 4.90 Å². The molecule has 0 N–H and O–H groups in total. The Hall–Kier alpha value is -3.57. The number of carbonyl (C=O) groups is 1. The summed E-state index contributed by atoms with van der Waals surface area (Å²) >= 11 is 6.17. The summed E-state index contributed by atoms with van der Waals surface area (Å²) in [6.45, 7) is 3.06. The van der Waals surface area contributed by atoms with Crippen molar-refractivity contribution < 1.29 is 13.9 Å². The summed E-state index contributed by atoms with van der Waals surface area (Å²) in [6.07, 6.45) is 1.98. The molecule has 1 atom stereocenters. The summed E-state index contributed by atoms with van der Waals surface area (Å²) in [7, 11) is 0. The number of hydrogen-bond donors (Lipinski definition) is 0. The Kier molecular flexibility index (Phi) is 6.12. The molecule has 0 saturated heterocycles. The summed E-state index contributed by atoms with van der Waals surface area (Å²) in [4.78, 5) is 28.9. The number of amides is 1. The van der Waals surface area contributed by atoms with E-state index >= 15 is 0 Å². The first-order valence-electron chi connectivity index (χ1n) is 11.4. The number of hydrogen-bond acceptors (Lipinski definition) is 4. The van der Waals surface area contributed by atoms with Crippen molar-refractivity contribution in [3.63, 3.8) is 0 Å². The van der Waals surface area contributed by atoms with Gasteiger partial charge in [-0.2, -0.15) is 0 Å². The Morgan fingerprint density at radius 2 is 1.82 bits per heavy atom. The van der Waals surface area contributed by atoms with Gasteiger partial charge < -0.3 is 14.1 Å². The molecule has 0 aliphatic carbocycles. The molecule has 6 heteroatoms. The van der Waals surface area contributed by atoms with Gasteiger partial charge in [-0.3, -0.25) is 9.59 Å². The van der Waals surface area contributed by atoms with Crippen molar-refractivity contribution in [2.24, 2.45) is 0 Å². The molecule has 4 aromatic rings. The van der Waals surface area contributed by atoms with Crippen LogP contribution in [0.2, 0.25) is 5.02 Å². The number of ether oxygens (including phenoxy) is 1. The number of nitrogens with zero attached hydrogens (tertiary/aromatic N) is 1. The lowest BCUT2D eigenvalue weighted by molar-refractivity contribution is 0.0714. The number of fused-ring (bicyclic) bond motifs is 2. The Morgan fingerprint density at radius 3 is 2.62 bits per heavy atom. The van der Waals surface area contributed by atoms with Gasteiger partial charge in [-0.25, -0.2) is 0 Å². The van der Waals surface area contributed by atoms with Crippen LogP contribution in [-0.4, -0.2) is 17.4 Å². The molecule has 5 rings (SSSR count). The number of halogens is 1. The van der Waals surface area contributed by atoms with Gasteiger partial charge in [-0.15, -0.1) is 0 Å². The SMILES string of the molecule is CCCCOc1cccc(C2c3c(oc4ccc(Cl)cc4c3=O)C(=O)N2Cc2ccccc2)c1. The lowest BCUT2D eigenvalue weighted by Crippen LogP contribution is -2.29. The minimum absolute atomic E-state index is 0.0815. The van der Waals surface area contributed by atoms with E-state index in [1.54, 1.807) is 23.1 Å². The van der Waals surface area contributed by atoms with Crippen LogP contribution in [-0.2, 0) is 6.54 Å². The molecular weight excluding hydrogens is 450 g/mol. The fraction of sp³-hybridized carbons (Fsp3) is 0.214. The van der Waals surface area contributed by atoms with Crippen LogP contribution in [0.15, 0.2) is 82.0 Å². The fourth-order valence-electron chi connectivity index (χ4n) is 4.39. The topological polar surface area (TPSA) is 59.8 Å². The second-order valence-corrected chi connectivity index (χ2v) is 8.85. The van der Waals surface area contributed by atoms with E-state index in [-0.39, 0.29) is 17.1 Å². The maximum atomic E-state index is 13.7. The van der Waals surface area contributed by atoms with Gasteiger partial charge in [0.15, 0.2) is 5.43 Å². The normalized spacial score (nSPS) is 15.1. The van der Waals surface area contributed by atoms with Gasteiger partial charge in [0, 0.05) is 11.6 Å². The molecule has 0 bridgehead atoms. The molecule has 5 nitrogen and oxygen atoms in total. The minimum atomic E-state index is -0.600. The monoisotopic (exact) mass is 473 g/mol. The Bertz CT molecular complexity index is 1410. The molecule has 1 unspecified atom stereocenters. The van der Waals surface area contributed by atoms with Crippen LogP contribution in [0.5, 0.6) is 5.75 Å². The van der Waals surface area contributed by atoms with Crippen LogP contribution < -0.4 is 10.2 Å². The maximum Gasteiger partial charge on any atom is 0.291 e. The maximum absolute atomic E-state index is 13.7. The molecule has 0 spiro atoms. The largest absolute Gasteiger partial charge is 0.494 e. The molecular formula is C28H24ClNO4. The fourth-order valence-corrected chi connectivity index (χ4v) is 4.56. The van der Waals surface area contributed by atoms with Crippen LogP contribution in [0, 0.1) is 0 Å². The minimum Gasteiger partial charge on any atom is -0.494 e. The predicted molar refractivity (Wildman–Crippen MR) is 132 cm³/mol. The average Bonchev–Trinajstić information content (AvgIpc) is 3.12. The highest BCUT2D eigenvalue weighted by Gasteiger charge is 2.42. The summed E-state index contributed by atoms with van der Waals surface area (Å²) in [5.74, 6) is 0.480. The molecule has 1 aliphatic heterocycles. The lowest BCUT2D eigenvalue weighted by atomic mass is 9.98. The predicted octanol–water partition coefficient (Wildman–Crippen LogP) is 6.37. The summed E-state index contributed by atoms with van der Waals surface area (Å²) in [5, 5.41) is 0.800. The van der Waals surface area contributed by atoms with Gasteiger partial charge in [-0.05, 0) is 47.9 Å². The van der Waals surface area contributed by atoms with Crippen molar-refractivity contribution in [1.29, 1.82) is 0 Å². The van der Waals surface area contributed by atoms with Crippen LogP contribution in [0.1, 0.15) is 53.1 Å². The van der Waals surface area contributed by atoms with Crippen LogP contribution in [0.4, 0.5) is 0 Å². The molecule has 0 radical (unpaired) electrons. The van der Waals surface area contributed by atoms with Gasteiger partial charge in [0.2, 0.25) is 5.76 Å². The molecule has 172 valence electrons. The molecule has 2 heterocycles. The quantitative estimate of drug-likeness (QED) is 0.292. The highest BCUT2D eigenvalue weighted by Crippen LogP contribution is 2.40. The van der Waals surface area contributed by atoms with Crippen molar-refractivity contribution in [2.45, 2.75) is 32.4 Å². The van der Waals surface area contributed by atoms with Gasteiger partial charge in [0.25, 0.3) is 5.91 Å². The van der Waals surface area contributed by atoms with Crippen molar-refractivity contribution >= 4 is 28.5 Å². The van der Waals surface area contributed by atoms with E-state index in [4.69, 9.17) is 20.8 Å². The smallest absolute Gasteiger partial charge is 0.291 e. The van der Waals surface area contributed by atoms with Crippen LogP contribution in [0.25, 0.3) is 11.0 Å². The molecule has 1 aliphatic rings. The molecule has 1 aromatic heterocycles. The standard InChI is InChI=1S/C28H24ClNO4/c1-2-3-14-33-21-11-7-10-19(15-21)25-24-26(31)22-16-20(29)12-13-23(22)34-27(24)28(32)30(25)17-18-8-5-4-6-9-18/h4-13,15-16,25H,2-3,14,17H2,1H3. The Morgan fingerprint density at radius 1 is 1.00 bits per heavy atom. The molecule has 34 heavy (non-hydrogen) atoms. The van der Waals surface area contributed by atoms with Crippen molar-refractivity contribution in [3.05, 3.63) is 110 Å². The first-order chi connectivity index (χ1) is 16.6. The third-order valence-electron chi connectivity index (χ3n) is 6.06. The summed E-state index contributed by atoms with van der Waals surface area (Å²) in [6, 6.07) is 21.6. The average molecular weight is 474 g/mol. The van der Waals surface area contributed by atoms with Gasteiger partial charge in [-0.1, -0.05) is 67.4 Å². The zero-order valence-corrected chi connectivity index (χ0v) is 19.5. The van der Waals surface area contributed by atoms with E-state index in [1.807, 2.05) is 54.6 Å². The highest BCUT2D eigenvalue weighted by atomic mass is 35.5. The van der Waals surface area contributed by atoms with E-state index in [0.717, 1.165) is 24.0 Å². The second kappa shape index (κ2) is 9.35.